The number of aromatic carboxylic acids is 1. The molecular formula is C13H7N3O5. The molecule has 0 spiro atoms. The Morgan fingerprint density at radius 1 is 1.38 bits per heavy atom. The van der Waals surface area contributed by atoms with Crippen molar-refractivity contribution in [2.45, 2.75) is 0 Å². The zero-order chi connectivity index (χ0) is 15.4. The van der Waals surface area contributed by atoms with E-state index in [4.69, 9.17) is 15.1 Å². The van der Waals surface area contributed by atoms with E-state index in [1.807, 2.05) is 0 Å². The molecule has 2 aromatic rings. The Hall–Kier alpha value is -3.47. The number of carboxylic acid groups (broad SMARTS) is 1. The summed E-state index contributed by atoms with van der Waals surface area (Å²) in [7, 11) is 0. The molecule has 104 valence electrons. The van der Waals surface area contributed by atoms with E-state index in [1.54, 1.807) is 6.07 Å². The second-order valence-electron chi connectivity index (χ2n) is 3.87. The lowest BCUT2D eigenvalue weighted by molar-refractivity contribution is -0.384. The Balaban J connectivity index is 2.36. The number of pyridine rings is 1. The molecule has 1 aromatic carbocycles. The van der Waals surface area contributed by atoms with Crippen LogP contribution in [0.4, 0.5) is 5.69 Å². The molecule has 0 unspecified atom stereocenters. The van der Waals surface area contributed by atoms with Crippen molar-refractivity contribution >= 4 is 11.7 Å². The molecule has 8 nitrogen and oxygen atoms in total. The molecule has 1 heterocycles. The molecular weight excluding hydrogens is 278 g/mol. The number of carboxylic acids is 1. The number of non-ortho nitro benzene ring substituents is 1. The molecule has 1 aromatic heterocycles. The summed E-state index contributed by atoms with van der Waals surface area (Å²) >= 11 is 0. The largest absolute Gasteiger partial charge is 0.478 e. The Kier molecular flexibility index (Phi) is 3.76. The first kappa shape index (κ1) is 14.0. The minimum Gasteiger partial charge on any atom is -0.478 e. The number of benzene rings is 1. The third-order valence-electron chi connectivity index (χ3n) is 2.48. The van der Waals surface area contributed by atoms with Crippen LogP contribution >= 0.6 is 0 Å². The molecule has 2 rings (SSSR count). The third kappa shape index (κ3) is 3.10. The highest BCUT2D eigenvalue weighted by atomic mass is 16.6. The molecule has 0 aliphatic heterocycles. The van der Waals surface area contributed by atoms with Crippen LogP contribution in [0.3, 0.4) is 0 Å². The summed E-state index contributed by atoms with van der Waals surface area (Å²) in [6.45, 7) is 0. The summed E-state index contributed by atoms with van der Waals surface area (Å²) < 4.78 is 5.36. The molecule has 0 radical (unpaired) electrons. The van der Waals surface area contributed by atoms with Crippen LogP contribution in [0.2, 0.25) is 0 Å². The van der Waals surface area contributed by atoms with E-state index >= 15 is 0 Å². The van der Waals surface area contributed by atoms with Crippen LogP contribution in [0.5, 0.6) is 11.5 Å². The van der Waals surface area contributed by atoms with Gasteiger partial charge < -0.3 is 9.84 Å². The highest BCUT2D eigenvalue weighted by Crippen LogP contribution is 2.28. The van der Waals surface area contributed by atoms with Crippen molar-refractivity contribution in [1.29, 1.82) is 5.26 Å². The van der Waals surface area contributed by atoms with E-state index in [2.05, 4.69) is 4.98 Å². The van der Waals surface area contributed by atoms with Gasteiger partial charge in [0, 0.05) is 18.3 Å². The normalized spacial score (nSPS) is 9.67. The number of nitriles is 1. The first-order valence-electron chi connectivity index (χ1n) is 5.56. The van der Waals surface area contributed by atoms with Crippen molar-refractivity contribution in [2.75, 3.05) is 0 Å². The molecule has 8 heteroatoms. The van der Waals surface area contributed by atoms with Gasteiger partial charge in [-0.25, -0.2) is 4.79 Å². The maximum atomic E-state index is 10.8. The van der Waals surface area contributed by atoms with Gasteiger partial charge in [0.25, 0.3) is 5.69 Å². The van der Waals surface area contributed by atoms with Crippen molar-refractivity contribution in [3.05, 3.63) is 57.9 Å². The number of hydrogen-bond acceptors (Lipinski definition) is 6. The van der Waals surface area contributed by atoms with Gasteiger partial charge in [0.2, 0.25) is 0 Å². The lowest BCUT2D eigenvalue weighted by Gasteiger charge is -2.07. The Morgan fingerprint density at radius 2 is 2.14 bits per heavy atom. The number of aromatic nitrogens is 1. The zero-order valence-corrected chi connectivity index (χ0v) is 10.4. The monoisotopic (exact) mass is 285 g/mol. The van der Waals surface area contributed by atoms with Crippen LogP contribution in [-0.4, -0.2) is 21.0 Å². The fourth-order valence-corrected chi connectivity index (χ4v) is 1.53. The minimum atomic E-state index is -1.17. The third-order valence-corrected chi connectivity index (χ3v) is 2.48. The van der Waals surface area contributed by atoms with Gasteiger partial charge in [-0.05, 0) is 12.1 Å². The lowest BCUT2D eigenvalue weighted by atomic mass is 10.2. The van der Waals surface area contributed by atoms with Crippen LogP contribution in [0.15, 0.2) is 36.7 Å². The van der Waals surface area contributed by atoms with Gasteiger partial charge in [-0.15, -0.1) is 0 Å². The van der Waals surface area contributed by atoms with Crippen LogP contribution < -0.4 is 4.74 Å². The second-order valence-corrected chi connectivity index (χ2v) is 3.87. The Bertz CT molecular complexity index is 767. The molecule has 1 N–H and O–H groups in total. The molecule has 0 bridgehead atoms. The number of rotatable bonds is 4. The number of hydrogen-bond donors (Lipinski definition) is 1. The molecule has 0 amide bonds. The highest BCUT2D eigenvalue weighted by molar-refractivity contribution is 5.87. The molecule has 0 saturated carbocycles. The number of nitro benzene ring substituents is 1. The standard InChI is InChI=1S/C13H7N3O5/c14-5-8-3-10(16(19)20)1-2-12(8)21-11-4-9(13(17)18)6-15-7-11/h1-4,6-7H,(H,17,18). The van der Waals surface area contributed by atoms with E-state index < -0.39 is 10.9 Å². The average molecular weight is 285 g/mol. The summed E-state index contributed by atoms with van der Waals surface area (Å²) in [5.74, 6) is -0.982. The van der Waals surface area contributed by atoms with Crippen molar-refractivity contribution < 1.29 is 19.6 Å². The molecule has 0 aliphatic rings. The van der Waals surface area contributed by atoms with Gasteiger partial charge in [-0.1, -0.05) is 0 Å². The Morgan fingerprint density at radius 3 is 2.76 bits per heavy atom. The maximum absolute atomic E-state index is 10.8. The van der Waals surface area contributed by atoms with E-state index in [9.17, 15) is 14.9 Å². The quantitative estimate of drug-likeness (QED) is 0.674. The average Bonchev–Trinajstić information content (AvgIpc) is 2.47. The van der Waals surface area contributed by atoms with Crippen LogP contribution in [-0.2, 0) is 0 Å². The van der Waals surface area contributed by atoms with Gasteiger partial charge in [-0.3, -0.25) is 15.1 Å². The number of ether oxygens (including phenoxy) is 1. The fraction of sp³-hybridized carbons (Fsp3) is 0. The number of nitrogens with zero attached hydrogens (tertiary/aromatic N) is 3. The van der Waals surface area contributed by atoms with Gasteiger partial charge in [0.05, 0.1) is 16.7 Å². The molecule has 0 aliphatic carbocycles. The predicted molar refractivity (Wildman–Crippen MR) is 69.1 cm³/mol. The first-order chi connectivity index (χ1) is 10.0. The highest BCUT2D eigenvalue weighted by Gasteiger charge is 2.13. The van der Waals surface area contributed by atoms with E-state index in [0.29, 0.717) is 0 Å². The van der Waals surface area contributed by atoms with Gasteiger partial charge >= 0.3 is 5.97 Å². The summed E-state index contributed by atoms with van der Waals surface area (Å²) in [6.07, 6.45) is 2.42. The lowest BCUT2D eigenvalue weighted by Crippen LogP contribution is -1.98. The summed E-state index contributed by atoms with van der Waals surface area (Å²) in [6, 6.07) is 6.54. The number of nitro groups is 1. The molecule has 21 heavy (non-hydrogen) atoms. The summed E-state index contributed by atoms with van der Waals surface area (Å²) in [4.78, 5) is 24.5. The Labute approximate surface area is 118 Å². The van der Waals surface area contributed by atoms with Gasteiger partial charge in [0.15, 0.2) is 0 Å². The summed E-state index contributed by atoms with van der Waals surface area (Å²) in [5.41, 5.74) is -0.353. The molecule has 0 fully saturated rings. The van der Waals surface area contributed by atoms with Gasteiger partial charge in [0.1, 0.15) is 23.1 Å². The predicted octanol–water partition coefficient (Wildman–Crippen LogP) is 2.35. The first-order valence-corrected chi connectivity index (χ1v) is 5.56. The second kappa shape index (κ2) is 5.66. The van der Waals surface area contributed by atoms with Crippen LogP contribution in [0.25, 0.3) is 0 Å². The zero-order valence-electron chi connectivity index (χ0n) is 10.4. The van der Waals surface area contributed by atoms with Gasteiger partial charge in [-0.2, -0.15) is 5.26 Å². The van der Waals surface area contributed by atoms with Crippen LogP contribution in [0, 0.1) is 21.4 Å². The van der Waals surface area contributed by atoms with Crippen molar-refractivity contribution in [3.63, 3.8) is 0 Å². The van der Waals surface area contributed by atoms with Crippen molar-refractivity contribution in [2.24, 2.45) is 0 Å². The minimum absolute atomic E-state index is 0.0371. The topological polar surface area (TPSA) is 126 Å². The maximum Gasteiger partial charge on any atom is 0.337 e. The van der Waals surface area contributed by atoms with Crippen molar-refractivity contribution in [1.82, 2.24) is 4.98 Å². The molecule has 0 saturated heterocycles. The SMILES string of the molecule is N#Cc1cc([N+](=O)[O-])ccc1Oc1cncc(C(=O)O)c1. The van der Waals surface area contributed by atoms with E-state index in [-0.39, 0.29) is 28.3 Å². The van der Waals surface area contributed by atoms with E-state index in [0.717, 1.165) is 12.3 Å². The van der Waals surface area contributed by atoms with Crippen molar-refractivity contribution in [3.8, 4) is 17.6 Å². The van der Waals surface area contributed by atoms with E-state index in [1.165, 1.54) is 24.4 Å². The summed E-state index contributed by atoms with van der Waals surface area (Å²) in [5, 5.41) is 28.5. The fourth-order valence-electron chi connectivity index (χ4n) is 1.53. The van der Waals surface area contributed by atoms with Crippen LogP contribution in [0.1, 0.15) is 15.9 Å². The molecule has 0 atom stereocenters. The smallest absolute Gasteiger partial charge is 0.337 e. The number of carbonyl (C=O) groups is 1.